The minimum Gasteiger partial charge on any atom is -0.469 e. The fourth-order valence-electron chi connectivity index (χ4n) is 1.50. The van der Waals surface area contributed by atoms with Gasteiger partial charge < -0.3 is 15.2 Å². The number of esters is 2. The fourth-order valence-corrected chi connectivity index (χ4v) is 1.50. The van der Waals surface area contributed by atoms with Gasteiger partial charge in [-0.15, -0.1) is 0 Å². The smallest absolute Gasteiger partial charge is 0.338 e. The molecule has 98 valence electrons. The molecule has 5 heteroatoms. The Morgan fingerprint density at radius 3 is 2.61 bits per heavy atom. The first-order valence-electron chi connectivity index (χ1n) is 5.70. The maximum absolute atomic E-state index is 11.5. The number of aryl methyl sites for hydroxylation is 1. The third-order valence-corrected chi connectivity index (χ3v) is 2.48. The van der Waals surface area contributed by atoms with Gasteiger partial charge in [0.25, 0.3) is 0 Å². The number of anilines is 1. The van der Waals surface area contributed by atoms with E-state index in [1.54, 1.807) is 25.1 Å². The van der Waals surface area contributed by atoms with Crippen LogP contribution >= 0.6 is 0 Å². The van der Waals surface area contributed by atoms with Crippen molar-refractivity contribution in [2.75, 3.05) is 19.5 Å². The summed E-state index contributed by atoms with van der Waals surface area (Å²) in [5, 5.41) is 0. The van der Waals surface area contributed by atoms with Crippen LogP contribution in [0.1, 0.15) is 29.3 Å². The van der Waals surface area contributed by atoms with E-state index in [0.717, 1.165) is 5.56 Å². The molecule has 0 aliphatic rings. The third-order valence-electron chi connectivity index (χ3n) is 2.48. The summed E-state index contributed by atoms with van der Waals surface area (Å²) in [5.74, 6) is -0.687. The Morgan fingerprint density at radius 2 is 2.06 bits per heavy atom. The summed E-state index contributed by atoms with van der Waals surface area (Å²) in [7, 11) is 1.34. The number of ether oxygens (including phenoxy) is 2. The summed E-state index contributed by atoms with van der Waals surface area (Å²) in [6, 6.07) is 4.93. The summed E-state index contributed by atoms with van der Waals surface area (Å²) in [6.45, 7) is 2.06. The molecule has 0 aliphatic heterocycles. The van der Waals surface area contributed by atoms with E-state index in [1.807, 2.05) is 0 Å². The average Bonchev–Trinajstić information content (AvgIpc) is 2.37. The zero-order chi connectivity index (χ0) is 13.5. The number of methoxy groups -OCH3 is 1. The van der Waals surface area contributed by atoms with Gasteiger partial charge in [-0.25, -0.2) is 4.79 Å². The van der Waals surface area contributed by atoms with Crippen LogP contribution in [-0.2, 0) is 20.7 Å². The quantitative estimate of drug-likeness (QED) is 0.634. The minimum atomic E-state index is -0.399. The van der Waals surface area contributed by atoms with E-state index < -0.39 is 5.97 Å². The van der Waals surface area contributed by atoms with E-state index in [2.05, 4.69) is 4.74 Å². The van der Waals surface area contributed by atoms with Crippen LogP contribution in [0.3, 0.4) is 0 Å². The van der Waals surface area contributed by atoms with Crippen molar-refractivity contribution in [3.63, 3.8) is 0 Å². The topological polar surface area (TPSA) is 78.6 Å². The van der Waals surface area contributed by atoms with E-state index in [-0.39, 0.29) is 12.4 Å². The highest BCUT2D eigenvalue weighted by molar-refractivity contribution is 5.90. The number of carbonyl (C=O) groups excluding carboxylic acids is 2. The third kappa shape index (κ3) is 3.76. The van der Waals surface area contributed by atoms with Crippen molar-refractivity contribution in [2.24, 2.45) is 0 Å². The van der Waals surface area contributed by atoms with E-state index >= 15 is 0 Å². The lowest BCUT2D eigenvalue weighted by Crippen LogP contribution is -2.07. The Labute approximate surface area is 106 Å². The van der Waals surface area contributed by atoms with Crippen LogP contribution in [0.25, 0.3) is 0 Å². The first-order valence-corrected chi connectivity index (χ1v) is 5.70. The van der Waals surface area contributed by atoms with Gasteiger partial charge in [-0.1, -0.05) is 6.07 Å². The van der Waals surface area contributed by atoms with Crippen LogP contribution in [0.15, 0.2) is 18.2 Å². The molecule has 0 unspecified atom stereocenters. The number of rotatable bonds is 5. The van der Waals surface area contributed by atoms with E-state index in [9.17, 15) is 9.59 Å². The monoisotopic (exact) mass is 251 g/mol. The molecule has 0 aromatic heterocycles. The Morgan fingerprint density at radius 1 is 1.33 bits per heavy atom. The van der Waals surface area contributed by atoms with Crippen molar-refractivity contribution in [3.05, 3.63) is 29.3 Å². The minimum absolute atomic E-state index is 0.263. The summed E-state index contributed by atoms with van der Waals surface area (Å²) in [4.78, 5) is 22.5. The predicted molar refractivity (Wildman–Crippen MR) is 67.1 cm³/mol. The Hall–Kier alpha value is -2.04. The van der Waals surface area contributed by atoms with Gasteiger partial charge in [0.1, 0.15) is 0 Å². The fraction of sp³-hybridized carbons (Fsp3) is 0.385. The molecule has 1 aromatic carbocycles. The van der Waals surface area contributed by atoms with Crippen LogP contribution < -0.4 is 5.73 Å². The van der Waals surface area contributed by atoms with E-state index in [4.69, 9.17) is 10.5 Å². The summed E-state index contributed by atoms with van der Waals surface area (Å²) < 4.78 is 9.42. The lowest BCUT2D eigenvalue weighted by Gasteiger charge is -2.07. The molecule has 0 spiro atoms. The highest BCUT2D eigenvalue weighted by atomic mass is 16.5. The van der Waals surface area contributed by atoms with Crippen molar-refractivity contribution >= 4 is 17.6 Å². The Balaban J connectivity index is 2.73. The predicted octanol–water partition coefficient (Wildman–Crippen LogP) is 1.55. The van der Waals surface area contributed by atoms with E-state index in [0.29, 0.717) is 24.3 Å². The molecule has 5 nitrogen and oxygen atoms in total. The molecular formula is C13H17NO4. The lowest BCUT2D eigenvalue weighted by atomic mass is 10.0. The molecule has 0 fully saturated rings. The summed E-state index contributed by atoms with van der Waals surface area (Å²) in [6.07, 6.45) is 0.751. The van der Waals surface area contributed by atoms with Gasteiger partial charge in [-0.3, -0.25) is 4.79 Å². The Kier molecular flexibility index (Phi) is 5.17. The molecule has 0 atom stereocenters. The number of nitrogens with two attached hydrogens (primary N) is 1. The van der Waals surface area contributed by atoms with Crippen molar-refractivity contribution in [1.29, 1.82) is 0 Å². The SMILES string of the molecule is CCOC(=O)c1ccc(CCC(=O)OC)c(N)c1. The number of carbonyl (C=O) groups is 2. The second-order valence-corrected chi connectivity index (χ2v) is 3.71. The van der Waals surface area contributed by atoms with Crippen LogP contribution in [-0.4, -0.2) is 25.7 Å². The van der Waals surface area contributed by atoms with Crippen LogP contribution in [0.5, 0.6) is 0 Å². The largest absolute Gasteiger partial charge is 0.469 e. The lowest BCUT2D eigenvalue weighted by molar-refractivity contribution is -0.140. The standard InChI is InChI=1S/C13H17NO4/c1-3-18-13(16)10-5-4-9(11(14)8-10)6-7-12(15)17-2/h4-5,8H,3,6-7,14H2,1-2H3. The van der Waals surface area contributed by atoms with Gasteiger partial charge in [0.15, 0.2) is 0 Å². The molecule has 18 heavy (non-hydrogen) atoms. The van der Waals surface area contributed by atoms with Crippen LogP contribution in [0.2, 0.25) is 0 Å². The molecule has 0 bridgehead atoms. The van der Waals surface area contributed by atoms with Gasteiger partial charge in [0.05, 0.1) is 19.3 Å². The number of nitrogen functional groups attached to an aromatic ring is 1. The molecule has 0 amide bonds. The molecule has 0 saturated carbocycles. The van der Waals surface area contributed by atoms with Gasteiger partial charge in [0, 0.05) is 12.1 Å². The summed E-state index contributed by atoms with van der Waals surface area (Å²) >= 11 is 0. The molecule has 1 rings (SSSR count). The van der Waals surface area contributed by atoms with Gasteiger partial charge >= 0.3 is 11.9 Å². The molecule has 0 saturated heterocycles. The highest BCUT2D eigenvalue weighted by Crippen LogP contribution is 2.17. The second-order valence-electron chi connectivity index (χ2n) is 3.71. The van der Waals surface area contributed by atoms with Crippen molar-refractivity contribution in [1.82, 2.24) is 0 Å². The van der Waals surface area contributed by atoms with Crippen LogP contribution in [0.4, 0.5) is 5.69 Å². The number of hydrogen-bond donors (Lipinski definition) is 1. The maximum Gasteiger partial charge on any atom is 0.338 e. The molecule has 1 aromatic rings. The van der Waals surface area contributed by atoms with Crippen molar-refractivity contribution in [2.45, 2.75) is 19.8 Å². The maximum atomic E-state index is 11.5. The normalized spacial score (nSPS) is 9.89. The van der Waals surface area contributed by atoms with Crippen LogP contribution in [0, 0.1) is 0 Å². The van der Waals surface area contributed by atoms with Gasteiger partial charge in [-0.05, 0) is 31.0 Å². The Bertz CT molecular complexity index is 443. The second kappa shape index (κ2) is 6.64. The first-order chi connectivity index (χ1) is 8.58. The molecule has 0 radical (unpaired) electrons. The molecular weight excluding hydrogens is 234 g/mol. The van der Waals surface area contributed by atoms with Crippen molar-refractivity contribution in [3.8, 4) is 0 Å². The molecule has 0 heterocycles. The van der Waals surface area contributed by atoms with Gasteiger partial charge in [0.2, 0.25) is 0 Å². The first kappa shape index (κ1) is 14.0. The zero-order valence-electron chi connectivity index (χ0n) is 10.6. The van der Waals surface area contributed by atoms with Crippen molar-refractivity contribution < 1.29 is 19.1 Å². The molecule has 0 aliphatic carbocycles. The highest BCUT2D eigenvalue weighted by Gasteiger charge is 2.10. The zero-order valence-corrected chi connectivity index (χ0v) is 10.6. The molecule has 2 N–H and O–H groups in total. The number of hydrogen-bond acceptors (Lipinski definition) is 5. The van der Waals surface area contributed by atoms with E-state index in [1.165, 1.54) is 7.11 Å². The average molecular weight is 251 g/mol. The summed E-state index contributed by atoms with van der Waals surface area (Å²) in [5.41, 5.74) is 7.53. The number of benzene rings is 1. The van der Waals surface area contributed by atoms with Gasteiger partial charge in [-0.2, -0.15) is 0 Å².